The first kappa shape index (κ1) is 14.1. The van der Waals surface area contributed by atoms with Crippen LogP contribution < -0.4 is 15.2 Å². The summed E-state index contributed by atoms with van der Waals surface area (Å²) in [7, 11) is 3.28. The van der Waals surface area contributed by atoms with Crippen molar-refractivity contribution in [1.82, 2.24) is 0 Å². The molecule has 0 radical (unpaired) electrons. The van der Waals surface area contributed by atoms with E-state index in [1.165, 1.54) is 5.56 Å². The number of aryl methyl sites for hydroxylation is 1. The maximum Gasteiger partial charge on any atom is 0.160 e. The van der Waals surface area contributed by atoms with Crippen LogP contribution in [0.5, 0.6) is 11.5 Å². The fraction of sp³-hybridized carbons (Fsp3) is 0.455. The molecule has 4 heteroatoms. The van der Waals surface area contributed by atoms with Crippen molar-refractivity contribution in [2.75, 3.05) is 20.8 Å². The molecule has 15 heavy (non-hydrogen) atoms. The van der Waals surface area contributed by atoms with Crippen LogP contribution in [-0.2, 0) is 6.42 Å². The molecule has 0 bridgehead atoms. The zero-order valence-electron chi connectivity index (χ0n) is 9.16. The Morgan fingerprint density at radius 3 is 2.33 bits per heavy atom. The lowest BCUT2D eigenvalue weighted by atomic mass is 10.1. The third-order valence-corrected chi connectivity index (χ3v) is 2.12. The molecule has 1 rings (SSSR count). The summed E-state index contributed by atoms with van der Waals surface area (Å²) < 4.78 is 10.3. The molecule has 0 spiro atoms. The van der Waals surface area contributed by atoms with E-state index >= 15 is 0 Å². The number of halogens is 1. The number of benzene rings is 1. The van der Waals surface area contributed by atoms with Crippen molar-refractivity contribution < 1.29 is 9.47 Å². The van der Waals surface area contributed by atoms with E-state index in [1.54, 1.807) is 14.2 Å². The highest BCUT2D eigenvalue weighted by molar-refractivity contribution is 5.85. The third-order valence-electron chi connectivity index (χ3n) is 2.12. The van der Waals surface area contributed by atoms with Gasteiger partial charge in [-0.3, -0.25) is 0 Å². The lowest BCUT2D eigenvalue weighted by Crippen LogP contribution is -2.00. The molecule has 2 N–H and O–H groups in total. The summed E-state index contributed by atoms with van der Waals surface area (Å²) in [5.74, 6) is 1.55. The molecule has 0 aliphatic heterocycles. The zero-order chi connectivity index (χ0) is 10.4. The Hall–Kier alpha value is -0.930. The van der Waals surface area contributed by atoms with Crippen LogP contribution in [0.15, 0.2) is 18.2 Å². The summed E-state index contributed by atoms with van der Waals surface area (Å²) in [4.78, 5) is 0. The lowest BCUT2D eigenvalue weighted by Gasteiger charge is -2.09. The first-order valence-electron chi connectivity index (χ1n) is 4.72. The second-order valence-electron chi connectivity index (χ2n) is 3.08. The van der Waals surface area contributed by atoms with Gasteiger partial charge in [-0.1, -0.05) is 6.07 Å². The van der Waals surface area contributed by atoms with Gasteiger partial charge in [0.05, 0.1) is 14.2 Å². The van der Waals surface area contributed by atoms with Gasteiger partial charge >= 0.3 is 0 Å². The largest absolute Gasteiger partial charge is 0.493 e. The van der Waals surface area contributed by atoms with Crippen molar-refractivity contribution in [2.24, 2.45) is 5.73 Å². The highest BCUT2D eigenvalue weighted by Gasteiger charge is 2.03. The number of hydrogen-bond acceptors (Lipinski definition) is 3. The molecule has 0 unspecified atom stereocenters. The predicted molar refractivity (Wildman–Crippen MR) is 64.2 cm³/mol. The van der Waals surface area contributed by atoms with Gasteiger partial charge in [0, 0.05) is 0 Å². The molecule has 0 saturated heterocycles. The van der Waals surface area contributed by atoms with Gasteiger partial charge in [-0.05, 0) is 37.1 Å². The second kappa shape index (κ2) is 7.37. The summed E-state index contributed by atoms with van der Waals surface area (Å²) in [6.07, 6.45) is 1.98. The molecule has 0 heterocycles. The highest BCUT2D eigenvalue weighted by atomic mass is 35.5. The Bertz CT molecular complexity index is 292. The molecular weight excluding hydrogens is 214 g/mol. The van der Waals surface area contributed by atoms with E-state index in [2.05, 4.69) is 0 Å². The van der Waals surface area contributed by atoms with Gasteiger partial charge in [-0.2, -0.15) is 0 Å². The molecule has 0 saturated carbocycles. The van der Waals surface area contributed by atoms with Gasteiger partial charge in [-0.25, -0.2) is 0 Å². The SMILES string of the molecule is COc1ccc(CCCN)cc1OC.Cl. The van der Waals surface area contributed by atoms with Crippen molar-refractivity contribution in [3.05, 3.63) is 23.8 Å². The summed E-state index contributed by atoms with van der Waals surface area (Å²) in [6, 6.07) is 5.95. The molecule has 0 aromatic heterocycles. The molecule has 0 fully saturated rings. The Kier molecular flexibility index (Phi) is 6.92. The van der Waals surface area contributed by atoms with Gasteiger partial charge in [0.2, 0.25) is 0 Å². The normalized spacial score (nSPS) is 9.27. The van der Waals surface area contributed by atoms with Crippen molar-refractivity contribution >= 4 is 12.4 Å². The van der Waals surface area contributed by atoms with Crippen LogP contribution in [0, 0.1) is 0 Å². The molecule has 3 nitrogen and oxygen atoms in total. The van der Waals surface area contributed by atoms with Crippen molar-refractivity contribution in [3.63, 3.8) is 0 Å². The Balaban J connectivity index is 0.00000196. The van der Waals surface area contributed by atoms with Crippen LogP contribution in [0.3, 0.4) is 0 Å². The van der Waals surface area contributed by atoms with Crippen LogP contribution in [0.1, 0.15) is 12.0 Å². The van der Waals surface area contributed by atoms with Crippen molar-refractivity contribution in [1.29, 1.82) is 0 Å². The van der Waals surface area contributed by atoms with Gasteiger partial charge < -0.3 is 15.2 Å². The zero-order valence-corrected chi connectivity index (χ0v) is 9.97. The number of rotatable bonds is 5. The van der Waals surface area contributed by atoms with E-state index in [0.717, 1.165) is 24.3 Å². The fourth-order valence-electron chi connectivity index (χ4n) is 1.34. The van der Waals surface area contributed by atoms with Gasteiger partial charge in [0.15, 0.2) is 11.5 Å². The monoisotopic (exact) mass is 231 g/mol. The molecule has 0 atom stereocenters. The minimum atomic E-state index is 0. The van der Waals surface area contributed by atoms with Crippen LogP contribution in [0.4, 0.5) is 0 Å². The summed E-state index contributed by atoms with van der Waals surface area (Å²) in [5, 5.41) is 0. The topological polar surface area (TPSA) is 44.5 Å². The van der Waals surface area contributed by atoms with Crippen LogP contribution in [0.25, 0.3) is 0 Å². The number of ether oxygens (including phenoxy) is 2. The predicted octanol–water partition coefficient (Wildman–Crippen LogP) is 2.02. The van der Waals surface area contributed by atoms with Crippen molar-refractivity contribution in [3.8, 4) is 11.5 Å². The number of hydrogen-bond donors (Lipinski definition) is 1. The Morgan fingerprint density at radius 1 is 1.13 bits per heavy atom. The molecule has 1 aromatic carbocycles. The average molecular weight is 232 g/mol. The number of methoxy groups -OCH3 is 2. The maximum atomic E-state index is 5.45. The van der Waals surface area contributed by atoms with Gasteiger partial charge in [0.25, 0.3) is 0 Å². The van der Waals surface area contributed by atoms with E-state index in [0.29, 0.717) is 6.54 Å². The molecule has 0 amide bonds. The first-order valence-corrected chi connectivity index (χ1v) is 4.72. The van der Waals surface area contributed by atoms with E-state index in [9.17, 15) is 0 Å². The molecule has 86 valence electrons. The quantitative estimate of drug-likeness (QED) is 0.843. The highest BCUT2D eigenvalue weighted by Crippen LogP contribution is 2.27. The Labute approximate surface area is 97.0 Å². The molecule has 0 aliphatic rings. The molecule has 1 aromatic rings. The average Bonchev–Trinajstić information content (AvgIpc) is 2.25. The maximum absolute atomic E-state index is 5.45. The number of nitrogens with two attached hydrogens (primary N) is 1. The fourth-order valence-corrected chi connectivity index (χ4v) is 1.34. The smallest absolute Gasteiger partial charge is 0.160 e. The summed E-state index contributed by atoms with van der Waals surface area (Å²) in [6.45, 7) is 0.717. The van der Waals surface area contributed by atoms with E-state index < -0.39 is 0 Å². The molecule has 0 aliphatic carbocycles. The summed E-state index contributed by atoms with van der Waals surface area (Å²) >= 11 is 0. The van der Waals surface area contributed by atoms with Crippen molar-refractivity contribution in [2.45, 2.75) is 12.8 Å². The standard InChI is InChI=1S/C11H17NO2.ClH/c1-13-10-6-5-9(4-3-7-12)8-11(10)14-2;/h5-6,8H,3-4,7,12H2,1-2H3;1H. The lowest BCUT2D eigenvalue weighted by molar-refractivity contribution is 0.354. The minimum absolute atomic E-state index is 0. The minimum Gasteiger partial charge on any atom is -0.493 e. The first-order chi connectivity index (χ1) is 6.81. The third kappa shape index (κ3) is 3.98. The second-order valence-corrected chi connectivity index (χ2v) is 3.08. The Morgan fingerprint density at radius 2 is 1.80 bits per heavy atom. The van der Waals surface area contributed by atoms with E-state index in [1.807, 2.05) is 18.2 Å². The van der Waals surface area contributed by atoms with Crippen LogP contribution in [-0.4, -0.2) is 20.8 Å². The van der Waals surface area contributed by atoms with E-state index in [4.69, 9.17) is 15.2 Å². The van der Waals surface area contributed by atoms with Crippen LogP contribution >= 0.6 is 12.4 Å². The van der Waals surface area contributed by atoms with Gasteiger partial charge in [-0.15, -0.1) is 12.4 Å². The van der Waals surface area contributed by atoms with E-state index in [-0.39, 0.29) is 12.4 Å². The van der Waals surface area contributed by atoms with Gasteiger partial charge in [0.1, 0.15) is 0 Å². The molecular formula is C11H18ClNO2. The van der Waals surface area contributed by atoms with Crippen LogP contribution in [0.2, 0.25) is 0 Å². The summed E-state index contributed by atoms with van der Waals surface area (Å²) in [5.41, 5.74) is 6.68.